The second-order valence-electron chi connectivity index (χ2n) is 5.71. The van der Waals surface area contributed by atoms with Gasteiger partial charge in [0.1, 0.15) is 5.52 Å². The molecule has 0 fully saturated rings. The van der Waals surface area contributed by atoms with E-state index in [9.17, 15) is 4.79 Å². The normalized spacial score (nSPS) is 10.8. The summed E-state index contributed by atoms with van der Waals surface area (Å²) in [5, 5.41) is 6.57. The summed E-state index contributed by atoms with van der Waals surface area (Å²) in [5.41, 5.74) is 2.46. The third kappa shape index (κ3) is 3.87. The lowest BCUT2D eigenvalue weighted by molar-refractivity contribution is 0.0950. The van der Waals surface area contributed by atoms with Crippen molar-refractivity contribution < 1.29 is 13.6 Å². The maximum atomic E-state index is 12.0. The van der Waals surface area contributed by atoms with Gasteiger partial charge in [-0.25, -0.2) is 4.98 Å². The molecule has 0 saturated heterocycles. The van der Waals surface area contributed by atoms with Gasteiger partial charge in [-0.3, -0.25) is 10.1 Å². The van der Waals surface area contributed by atoms with Crippen LogP contribution in [0.3, 0.4) is 0 Å². The van der Waals surface area contributed by atoms with Crippen LogP contribution in [0.5, 0.6) is 0 Å². The summed E-state index contributed by atoms with van der Waals surface area (Å²) in [6.45, 7) is 0. The molecule has 0 aliphatic carbocycles. The minimum atomic E-state index is -0.440. The summed E-state index contributed by atoms with van der Waals surface area (Å²) in [7, 11) is 0. The number of carbonyl (C=O) groups is 1. The molecule has 2 heterocycles. The fourth-order valence-electron chi connectivity index (χ4n) is 2.52. The Labute approximate surface area is 174 Å². The molecule has 4 rings (SSSR count). The van der Waals surface area contributed by atoms with Crippen molar-refractivity contribution in [2.24, 2.45) is 0 Å². The molecule has 0 aliphatic heterocycles. The molecule has 1 amide bonds. The number of aromatic nitrogens is 1. The van der Waals surface area contributed by atoms with Crippen LogP contribution in [0.1, 0.15) is 10.6 Å². The highest BCUT2D eigenvalue weighted by molar-refractivity contribution is 7.80. The lowest BCUT2D eigenvalue weighted by Gasteiger charge is -2.08. The number of carbonyl (C=O) groups excluding carboxylic acids is 1. The van der Waals surface area contributed by atoms with Crippen molar-refractivity contribution in [3.8, 4) is 11.5 Å². The maximum absolute atomic E-state index is 12.0. The predicted octanol–water partition coefficient (Wildman–Crippen LogP) is 5.52. The van der Waals surface area contributed by atoms with E-state index < -0.39 is 5.91 Å². The standard InChI is InChI=1S/C19H11Cl2N3O3S/c20-10-3-5-12(13(21)8-10)18-23-14-9-11(4-6-15(14)27-18)22-19(28)24-17(25)16-2-1-7-26-16/h1-9H,(H2,22,24,25,28). The first kappa shape index (κ1) is 18.5. The number of hydrogen-bond donors (Lipinski definition) is 2. The van der Waals surface area contributed by atoms with Crippen molar-refractivity contribution in [1.82, 2.24) is 10.3 Å². The molecule has 4 aromatic rings. The van der Waals surface area contributed by atoms with Gasteiger partial charge in [-0.1, -0.05) is 23.2 Å². The number of amides is 1. The zero-order valence-corrected chi connectivity index (χ0v) is 16.4. The van der Waals surface area contributed by atoms with Crippen molar-refractivity contribution in [2.45, 2.75) is 0 Å². The highest BCUT2D eigenvalue weighted by Crippen LogP contribution is 2.32. The first-order valence-electron chi connectivity index (χ1n) is 8.01. The van der Waals surface area contributed by atoms with E-state index in [1.165, 1.54) is 6.26 Å². The molecule has 28 heavy (non-hydrogen) atoms. The lowest BCUT2D eigenvalue weighted by Crippen LogP contribution is -2.33. The molecule has 2 aromatic carbocycles. The van der Waals surface area contributed by atoms with Crippen LogP contribution >= 0.6 is 35.4 Å². The van der Waals surface area contributed by atoms with Crippen molar-refractivity contribution in [1.29, 1.82) is 0 Å². The Hall–Kier alpha value is -2.87. The fraction of sp³-hybridized carbons (Fsp3) is 0. The number of oxazole rings is 1. The molecular formula is C19H11Cl2N3O3S. The SMILES string of the molecule is O=C(NC(=S)Nc1ccc2oc(-c3ccc(Cl)cc3Cl)nc2c1)c1ccco1. The number of thiocarbonyl (C=S) groups is 1. The van der Waals surface area contributed by atoms with E-state index in [4.69, 9.17) is 44.3 Å². The molecule has 140 valence electrons. The molecule has 0 saturated carbocycles. The Morgan fingerprint density at radius 3 is 2.71 bits per heavy atom. The van der Waals surface area contributed by atoms with E-state index in [0.29, 0.717) is 38.3 Å². The van der Waals surface area contributed by atoms with Crippen molar-refractivity contribution >= 4 is 63.2 Å². The molecule has 2 aromatic heterocycles. The van der Waals surface area contributed by atoms with Gasteiger partial charge in [-0.05, 0) is 60.7 Å². The van der Waals surface area contributed by atoms with Crippen molar-refractivity contribution in [3.63, 3.8) is 0 Å². The number of halogens is 2. The third-order valence-electron chi connectivity index (χ3n) is 3.78. The van der Waals surface area contributed by atoms with E-state index in [2.05, 4.69) is 15.6 Å². The van der Waals surface area contributed by atoms with Crippen LogP contribution in [0.4, 0.5) is 5.69 Å². The number of nitrogens with one attached hydrogen (secondary N) is 2. The lowest BCUT2D eigenvalue weighted by atomic mass is 10.2. The van der Waals surface area contributed by atoms with Crippen LogP contribution in [-0.4, -0.2) is 16.0 Å². The van der Waals surface area contributed by atoms with Gasteiger partial charge in [0.05, 0.1) is 16.8 Å². The Morgan fingerprint density at radius 2 is 1.96 bits per heavy atom. The van der Waals surface area contributed by atoms with Gasteiger partial charge in [0.15, 0.2) is 16.5 Å². The summed E-state index contributed by atoms with van der Waals surface area (Å²) in [6.07, 6.45) is 1.41. The molecular weight excluding hydrogens is 421 g/mol. The molecule has 0 radical (unpaired) electrons. The van der Waals surface area contributed by atoms with E-state index in [1.807, 2.05) is 0 Å². The number of nitrogens with zero attached hydrogens (tertiary/aromatic N) is 1. The van der Waals surface area contributed by atoms with E-state index in [0.717, 1.165) is 0 Å². The monoisotopic (exact) mass is 431 g/mol. The minimum absolute atomic E-state index is 0.130. The van der Waals surface area contributed by atoms with Gasteiger partial charge in [-0.15, -0.1) is 0 Å². The Morgan fingerprint density at radius 1 is 1.11 bits per heavy atom. The van der Waals surface area contributed by atoms with Gasteiger partial charge in [0.2, 0.25) is 5.89 Å². The molecule has 2 N–H and O–H groups in total. The number of anilines is 1. The summed E-state index contributed by atoms with van der Waals surface area (Å²) in [4.78, 5) is 16.4. The summed E-state index contributed by atoms with van der Waals surface area (Å²) in [6, 6.07) is 13.5. The van der Waals surface area contributed by atoms with Crippen LogP contribution in [0.25, 0.3) is 22.6 Å². The Balaban J connectivity index is 1.53. The van der Waals surface area contributed by atoms with E-state index >= 15 is 0 Å². The van der Waals surface area contributed by atoms with Crippen molar-refractivity contribution in [3.05, 3.63) is 70.6 Å². The number of fused-ring (bicyclic) bond motifs is 1. The van der Waals surface area contributed by atoms with Crippen LogP contribution in [0, 0.1) is 0 Å². The minimum Gasteiger partial charge on any atom is -0.459 e. The zero-order valence-electron chi connectivity index (χ0n) is 14.0. The van der Waals surface area contributed by atoms with Gasteiger partial charge >= 0.3 is 0 Å². The van der Waals surface area contributed by atoms with Crippen molar-refractivity contribution in [2.75, 3.05) is 5.32 Å². The summed E-state index contributed by atoms with van der Waals surface area (Å²) >= 11 is 17.3. The Kier molecular flexibility index (Phi) is 5.04. The second kappa shape index (κ2) is 7.63. The number of benzene rings is 2. The van der Waals surface area contributed by atoms with Crippen LogP contribution in [0.15, 0.2) is 63.6 Å². The van der Waals surface area contributed by atoms with E-state index in [-0.39, 0.29) is 10.9 Å². The number of furan rings is 1. The van der Waals surface area contributed by atoms with Crippen LogP contribution < -0.4 is 10.6 Å². The van der Waals surface area contributed by atoms with E-state index in [1.54, 1.807) is 48.5 Å². The Bertz CT molecular complexity index is 1190. The maximum Gasteiger partial charge on any atom is 0.293 e. The highest BCUT2D eigenvalue weighted by Gasteiger charge is 2.14. The fourth-order valence-corrected chi connectivity index (χ4v) is 3.22. The predicted molar refractivity (Wildman–Crippen MR) is 112 cm³/mol. The first-order valence-corrected chi connectivity index (χ1v) is 9.18. The largest absolute Gasteiger partial charge is 0.459 e. The average molecular weight is 432 g/mol. The van der Waals surface area contributed by atoms with Gasteiger partial charge in [0, 0.05) is 10.7 Å². The second-order valence-corrected chi connectivity index (χ2v) is 6.96. The third-order valence-corrected chi connectivity index (χ3v) is 4.53. The topological polar surface area (TPSA) is 80.3 Å². The molecule has 6 nitrogen and oxygen atoms in total. The molecule has 0 atom stereocenters. The first-order chi connectivity index (χ1) is 13.5. The van der Waals surface area contributed by atoms with Gasteiger partial charge < -0.3 is 14.2 Å². The molecule has 9 heteroatoms. The number of rotatable bonds is 3. The molecule has 0 spiro atoms. The van der Waals surface area contributed by atoms with Crippen LogP contribution in [0.2, 0.25) is 10.0 Å². The van der Waals surface area contributed by atoms with Gasteiger partial charge in [0.25, 0.3) is 5.91 Å². The van der Waals surface area contributed by atoms with Gasteiger partial charge in [-0.2, -0.15) is 0 Å². The van der Waals surface area contributed by atoms with Crippen LogP contribution in [-0.2, 0) is 0 Å². The number of hydrogen-bond acceptors (Lipinski definition) is 5. The zero-order chi connectivity index (χ0) is 19.7. The summed E-state index contributed by atoms with van der Waals surface area (Å²) < 4.78 is 10.8. The summed E-state index contributed by atoms with van der Waals surface area (Å²) in [5.74, 6) is 0.104. The smallest absolute Gasteiger partial charge is 0.293 e. The quantitative estimate of drug-likeness (QED) is 0.415. The average Bonchev–Trinajstić information content (AvgIpc) is 3.31. The highest BCUT2D eigenvalue weighted by atomic mass is 35.5. The molecule has 0 unspecified atom stereocenters. The molecule has 0 aliphatic rings. The molecule has 0 bridgehead atoms.